The van der Waals surface area contributed by atoms with Crippen molar-refractivity contribution in [1.29, 1.82) is 0 Å². The zero-order valence-corrected chi connectivity index (χ0v) is 19.2. The molecule has 2 aromatic heterocycles. The van der Waals surface area contributed by atoms with Gasteiger partial charge in [0.15, 0.2) is 5.69 Å². The molecule has 8 nitrogen and oxygen atoms in total. The second-order valence-electron chi connectivity index (χ2n) is 8.97. The number of rotatable bonds is 6. The molecule has 1 saturated carbocycles. The number of aliphatic hydroxyl groups excluding tert-OH is 1. The Labute approximate surface area is 199 Å². The van der Waals surface area contributed by atoms with E-state index in [-0.39, 0.29) is 18.0 Å². The summed E-state index contributed by atoms with van der Waals surface area (Å²) in [6.45, 7) is 2.27. The van der Waals surface area contributed by atoms with E-state index in [1.54, 1.807) is 12.5 Å². The minimum absolute atomic E-state index is 0.0793. The smallest absolute Gasteiger partial charge is 0.275 e. The molecule has 0 bridgehead atoms. The van der Waals surface area contributed by atoms with Gasteiger partial charge >= 0.3 is 0 Å². The first-order valence-corrected chi connectivity index (χ1v) is 12.1. The number of amides is 1. The van der Waals surface area contributed by atoms with Gasteiger partial charge in [0, 0.05) is 37.5 Å². The second kappa shape index (κ2) is 10.4. The maximum absolute atomic E-state index is 13.9. The molecule has 3 atom stereocenters. The van der Waals surface area contributed by atoms with Gasteiger partial charge in [0.2, 0.25) is 5.88 Å². The van der Waals surface area contributed by atoms with Crippen LogP contribution in [-0.4, -0.2) is 68.8 Å². The lowest BCUT2D eigenvalue weighted by Crippen LogP contribution is -2.56. The number of piperazine rings is 1. The van der Waals surface area contributed by atoms with Gasteiger partial charge in [-0.1, -0.05) is 49.2 Å². The number of aliphatic hydroxyl groups is 1. The average molecular weight is 462 g/mol. The lowest BCUT2D eigenvalue weighted by atomic mass is 9.92. The Hall–Kier alpha value is -3.23. The Morgan fingerprint density at radius 3 is 2.71 bits per heavy atom. The van der Waals surface area contributed by atoms with Gasteiger partial charge < -0.3 is 24.6 Å². The van der Waals surface area contributed by atoms with Crippen molar-refractivity contribution in [3.8, 4) is 17.1 Å². The van der Waals surface area contributed by atoms with E-state index in [9.17, 15) is 9.90 Å². The van der Waals surface area contributed by atoms with Crippen molar-refractivity contribution in [1.82, 2.24) is 24.8 Å². The first-order chi connectivity index (χ1) is 16.7. The summed E-state index contributed by atoms with van der Waals surface area (Å²) in [5.74, 6) is 0.431. The molecule has 1 aromatic carbocycles. The highest BCUT2D eigenvalue weighted by Gasteiger charge is 2.34. The first kappa shape index (κ1) is 22.6. The van der Waals surface area contributed by atoms with Crippen molar-refractivity contribution >= 4 is 5.91 Å². The van der Waals surface area contributed by atoms with E-state index in [2.05, 4.69) is 15.3 Å². The van der Waals surface area contributed by atoms with E-state index in [0.29, 0.717) is 37.8 Å². The molecule has 3 aromatic rings. The molecule has 0 spiro atoms. The number of carbonyl (C=O) groups excluding carboxylic acids is 1. The molecule has 1 saturated heterocycles. The molecule has 1 aliphatic heterocycles. The summed E-state index contributed by atoms with van der Waals surface area (Å²) >= 11 is 0. The SMILES string of the molecule is O=C(c1ncn([C@H]2CCCC[C@H]2O)c1-c1ccccc1)N1CCNC[C@H]1COc1ccccn1. The van der Waals surface area contributed by atoms with E-state index in [1.165, 1.54) is 0 Å². The van der Waals surface area contributed by atoms with Gasteiger partial charge in [0.1, 0.15) is 6.61 Å². The van der Waals surface area contributed by atoms with Gasteiger partial charge in [-0.15, -0.1) is 0 Å². The highest BCUT2D eigenvalue weighted by atomic mass is 16.5. The van der Waals surface area contributed by atoms with Crippen molar-refractivity contribution in [2.24, 2.45) is 0 Å². The van der Waals surface area contributed by atoms with Crippen molar-refractivity contribution < 1.29 is 14.6 Å². The molecular formula is C26H31N5O3. The van der Waals surface area contributed by atoms with Crippen LogP contribution in [0.5, 0.6) is 5.88 Å². The Kier molecular flexibility index (Phi) is 6.87. The Bertz CT molecular complexity index is 1090. The van der Waals surface area contributed by atoms with Crippen LogP contribution in [0.3, 0.4) is 0 Å². The molecule has 1 aliphatic carbocycles. The highest BCUT2D eigenvalue weighted by molar-refractivity contribution is 5.98. The fourth-order valence-corrected chi connectivity index (χ4v) is 4.99. The maximum Gasteiger partial charge on any atom is 0.275 e. The highest BCUT2D eigenvalue weighted by Crippen LogP contribution is 2.35. The normalized spacial score (nSPS) is 23.0. The number of nitrogens with one attached hydrogen (secondary N) is 1. The van der Waals surface area contributed by atoms with Crippen molar-refractivity contribution in [3.63, 3.8) is 0 Å². The number of benzene rings is 1. The van der Waals surface area contributed by atoms with Crippen LogP contribution < -0.4 is 10.1 Å². The fraction of sp³-hybridized carbons (Fsp3) is 0.423. The first-order valence-electron chi connectivity index (χ1n) is 12.1. The summed E-state index contributed by atoms with van der Waals surface area (Å²) in [4.78, 5) is 24.6. The monoisotopic (exact) mass is 461 g/mol. The molecule has 1 amide bonds. The van der Waals surface area contributed by atoms with Gasteiger partial charge in [0.25, 0.3) is 5.91 Å². The molecule has 34 heavy (non-hydrogen) atoms. The quantitative estimate of drug-likeness (QED) is 0.587. The second-order valence-corrected chi connectivity index (χ2v) is 8.97. The molecule has 0 unspecified atom stereocenters. The lowest BCUT2D eigenvalue weighted by Gasteiger charge is -2.36. The van der Waals surface area contributed by atoms with Crippen LogP contribution in [0, 0.1) is 0 Å². The van der Waals surface area contributed by atoms with E-state index in [4.69, 9.17) is 4.74 Å². The number of hydrogen-bond donors (Lipinski definition) is 2. The number of ether oxygens (including phenoxy) is 1. The van der Waals surface area contributed by atoms with Crippen LogP contribution >= 0.6 is 0 Å². The molecule has 3 heterocycles. The van der Waals surface area contributed by atoms with Crippen LogP contribution in [0.25, 0.3) is 11.3 Å². The number of imidazole rings is 1. The van der Waals surface area contributed by atoms with Crippen LogP contribution in [0.4, 0.5) is 0 Å². The molecular weight excluding hydrogens is 430 g/mol. The summed E-state index contributed by atoms with van der Waals surface area (Å²) < 4.78 is 7.91. The topological polar surface area (TPSA) is 92.5 Å². The predicted molar refractivity (Wildman–Crippen MR) is 129 cm³/mol. The average Bonchev–Trinajstić information content (AvgIpc) is 3.33. The lowest BCUT2D eigenvalue weighted by molar-refractivity contribution is 0.0549. The summed E-state index contributed by atoms with van der Waals surface area (Å²) in [6.07, 6.45) is 6.71. The number of aromatic nitrogens is 3. The van der Waals surface area contributed by atoms with E-state index in [0.717, 1.165) is 36.9 Å². The van der Waals surface area contributed by atoms with Crippen molar-refractivity contribution in [2.75, 3.05) is 26.2 Å². The third-order valence-corrected chi connectivity index (χ3v) is 6.77. The van der Waals surface area contributed by atoms with Gasteiger partial charge in [0.05, 0.1) is 30.2 Å². The Morgan fingerprint density at radius 1 is 1.09 bits per heavy atom. The van der Waals surface area contributed by atoms with Crippen LogP contribution in [-0.2, 0) is 0 Å². The molecule has 178 valence electrons. The van der Waals surface area contributed by atoms with Gasteiger partial charge in [-0.05, 0) is 18.9 Å². The molecule has 2 N–H and O–H groups in total. The molecule has 8 heteroatoms. The van der Waals surface area contributed by atoms with Gasteiger partial charge in [-0.2, -0.15) is 0 Å². The van der Waals surface area contributed by atoms with Crippen LogP contribution in [0.2, 0.25) is 0 Å². The van der Waals surface area contributed by atoms with Crippen molar-refractivity contribution in [2.45, 2.75) is 43.9 Å². The zero-order chi connectivity index (χ0) is 23.3. The molecule has 0 radical (unpaired) electrons. The summed E-state index contributed by atoms with van der Waals surface area (Å²) in [5, 5.41) is 14.1. The minimum atomic E-state index is -0.438. The van der Waals surface area contributed by atoms with Gasteiger partial charge in [-0.25, -0.2) is 9.97 Å². The Morgan fingerprint density at radius 2 is 1.91 bits per heavy atom. The minimum Gasteiger partial charge on any atom is -0.475 e. The van der Waals surface area contributed by atoms with Crippen molar-refractivity contribution in [3.05, 3.63) is 66.7 Å². The standard InChI is InChI=1S/C26H31N5O3/c32-22-11-5-4-10-21(22)31-18-29-24(25(31)19-8-2-1-3-9-19)26(33)30-15-14-27-16-20(30)17-34-23-12-6-7-13-28-23/h1-3,6-9,12-13,18,20-22,27,32H,4-5,10-11,14-17H2/t20-,21-,22+/m0/s1. The predicted octanol–water partition coefficient (Wildman–Crippen LogP) is 2.91. The molecule has 5 rings (SSSR count). The third kappa shape index (κ3) is 4.69. The largest absolute Gasteiger partial charge is 0.475 e. The summed E-state index contributed by atoms with van der Waals surface area (Å²) in [6, 6.07) is 15.2. The van der Waals surface area contributed by atoms with Crippen LogP contribution in [0.1, 0.15) is 42.2 Å². The van der Waals surface area contributed by atoms with Crippen LogP contribution in [0.15, 0.2) is 61.1 Å². The summed E-state index contributed by atoms with van der Waals surface area (Å²) in [5.41, 5.74) is 2.13. The maximum atomic E-state index is 13.9. The number of hydrogen-bond acceptors (Lipinski definition) is 6. The Balaban J connectivity index is 1.45. The fourth-order valence-electron chi connectivity index (χ4n) is 4.99. The summed E-state index contributed by atoms with van der Waals surface area (Å²) in [7, 11) is 0. The number of nitrogens with zero attached hydrogens (tertiary/aromatic N) is 4. The third-order valence-electron chi connectivity index (χ3n) is 6.77. The molecule has 2 fully saturated rings. The molecule has 2 aliphatic rings. The van der Waals surface area contributed by atoms with E-state index in [1.807, 2.05) is 58.0 Å². The number of pyridine rings is 1. The van der Waals surface area contributed by atoms with E-state index >= 15 is 0 Å². The van der Waals surface area contributed by atoms with Gasteiger partial charge in [-0.3, -0.25) is 4.79 Å². The zero-order valence-electron chi connectivity index (χ0n) is 19.2. The number of carbonyl (C=O) groups is 1. The van der Waals surface area contributed by atoms with E-state index < -0.39 is 6.10 Å².